The van der Waals surface area contributed by atoms with E-state index in [-0.39, 0.29) is 5.82 Å². The normalized spacial score (nSPS) is 23.6. The predicted octanol–water partition coefficient (Wildman–Crippen LogP) is 3.18. The van der Waals surface area contributed by atoms with Gasteiger partial charge in [-0.2, -0.15) is 0 Å². The number of thioether (sulfide) groups is 1. The first-order valence-corrected chi connectivity index (χ1v) is 9.37. The summed E-state index contributed by atoms with van der Waals surface area (Å²) in [5, 5.41) is 0.512. The number of hydrogen-bond acceptors (Lipinski definition) is 5. The molecular formula is C17H20ClFN4S. The molecule has 7 heteroatoms. The van der Waals surface area contributed by atoms with E-state index in [1.54, 1.807) is 23.6 Å². The molecule has 128 valence electrons. The van der Waals surface area contributed by atoms with Gasteiger partial charge >= 0.3 is 0 Å². The van der Waals surface area contributed by atoms with E-state index in [1.165, 1.54) is 0 Å². The number of piperazine rings is 1. The Labute approximate surface area is 151 Å². The fourth-order valence-electron chi connectivity index (χ4n) is 3.63. The Morgan fingerprint density at radius 1 is 1.33 bits per heavy atom. The van der Waals surface area contributed by atoms with Crippen molar-refractivity contribution >= 4 is 34.9 Å². The van der Waals surface area contributed by atoms with E-state index in [1.807, 2.05) is 7.05 Å². The molecule has 0 N–H and O–H groups in total. The summed E-state index contributed by atoms with van der Waals surface area (Å²) in [6.07, 6.45) is 0. The smallest absolute Gasteiger partial charge is 0.152 e. The average Bonchev–Trinajstić information content (AvgIpc) is 2.70. The van der Waals surface area contributed by atoms with Crippen molar-refractivity contribution in [2.75, 3.05) is 44.4 Å². The van der Waals surface area contributed by atoms with Gasteiger partial charge in [-0.25, -0.2) is 9.38 Å². The number of amidine groups is 1. The number of rotatable bonds is 0. The summed E-state index contributed by atoms with van der Waals surface area (Å²) in [6, 6.07) is 0.336. The van der Waals surface area contributed by atoms with Crippen LogP contribution in [-0.2, 0) is 0 Å². The molecule has 3 heterocycles. The summed E-state index contributed by atoms with van der Waals surface area (Å²) in [5.74, 6) is 2.03. The summed E-state index contributed by atoms with van der Waals surface area (Å²) in [6.45, 7) is 8.57. The third kappa shape index (κ3) is 2.20. The number of halogens is 2. The van der Waals surface area contributed by atoms with Crippen molar-refractivity contribution in [1.29, 1.82) is 0 Å². The molecule has 4 nitrogen and oxygen atoms in total. The Bertz CT molecular complexity index is 779. The summed E-state index contributed by atoms with van der Waals surface area (Å²) < 4.78 is 15.0. The Morgan fingerprint density at radius 3 is 2.83 bits per heavy atom. The van der Waals surface area contributed by atoms with Gasteiger partial charge < -0.3 is 14.7 Å². The molecular weight excluding hydrogens is 347 g/mol. The lowest BCUT2D eigenvalue weighted by molar-refractivity contribution is 0.165. The van der Waals surface area contributed by atoms with E-state index in [9.17, 15) is 0 Å². The highest BCUT2D eigenvalue weighted by atomic mass is 35.5. The highest BCUT2D eigenvalue weighted by molar-refractivity contribution is 7.99. The van der Waals surface area contributed by atoms with Gasteiger partial charge in [-0.1, -0.05) is 18.2 Å². The van der Waals surface area contributed by atoms with Crippen LogP contribution < -0.4 is 4.90 Å². The maximum atomic E-state index is 15.0. The number of anilines is 1. The minimum atomic E-state index is -0.275. The Hall–Kier alpha value is -1.24. The molecule has 0 amide bonds. The Morgan fingerprint density at radius 2 is 2.08 bits per heavy atom. The maximum absolute atomic E-state index is 15.0. The molecule has 0 radical (unpaired) electrons. The van der Waals surface area contributed by atoms with Crippen molar-refractivity contribution in [3.8, 4) is 0 Å². The summed E-state index contributed by atoms with van der Waals surface area (Å²) in [4.78, 5) is 12.1. The minimum Gasteiger partial charge on any atom is -0.350 e. The van der Waals surface area contributed by atoms with Crippen molar-refractivity contribution in [1.82, 2.24) is 9.80 Å². The van der Waals surface area contributed by atoms with Crippen LogP contribution in [0.1, 0.15) is 11.1 Å². The standard InChI is InChI=1S/C17H20ClFN4S/c1-9-13(18)16-12-15(14(9)19)22(4)10(2)20-17(12)23-6-5-21(3)7-11(23)8-24-16/h11H,2,5-8H2,1,3-4H3. The van der Waals surface area contributed by atoms with Crippen LogP contribution in [0.2, 0.25) is 5.02 Å². The summed E-state index contributed by atoms with van der Waals surface area (Å²) in [5.41, 5.74) is 1.87. The van der Waals surface area contributed by atoms with Crippen LogP contribution in [0.4, 0.5) is 10.1 Å². The first-order chi connectivity index (χ1) is 11.4. The van der Waals surface area contributed by atoms with Crippen molar-refractivity contribution in [2.24, 2.45) is 4.99 Å². The van der Waals surface area contributed by atoms with Gasteiger partial charge in [0.15, 0.2) is 5.82 Å². The minimum absolute atomic E-state index is 0.275. The van der Waals surface area contributed by atoms with Gasteiger partial charge in [0.25, 0.3) is 0 Å². The number of fused-ring (bicyclic) bond motifs is 2. The molecule has 3 aliphatic rings. The van der Waals surface area contributed by atoms with Gasteiger partial charge in [-0.15, -0.1) is 11.8 Å². The highest BCUT2D eigenvalue weighted by Gasteiger charge is 2.39. The molecule has 1 atom stereocenters. The van der Waals surface area contributed by atoms with Gasteiger partial charge in [-0.3, -0.25) is 0 Å². The van der Waals surface area contributed by atoms with Crippen LogP contribution in [0.3, 0.4) is 0 Å². The summed E-state index contributed by atoms with van der Waals surface area (Å²) >= 11 is 8.24. The van der Waals surface area contributed by atoms with Crippen LogP contribution in [0, 0.1) is 12.7 Å². The zero-order valence-electron chi connectivity index (χ0n) is 14.1. The zero-order valence-corrected chi connectivity index (χ0v) is 15.6. The first kappa shape index (κ1) is 16.2. The second-order valence-electron chi connectivity index (χ2n) is 6.64. The van der Waals surface area contributed by atoms with Crippen LogP contribution >= 0.6 is 23.4 Å². The highest BCUT2D eigenvalue weighted by Crippen LogP contribution is 2.47. The molecule has 1 fully saturated rings. The molecule has 0 bridgehead atoms. The molecule has 0 saturated carbocycles. The largest absolute Gasteiger partial charge is 0.350 e. The van der Waals surface area contributed by atoms with Crippen LogP contribution in [0.15, 0.2) is 22.3 Å². The number of aliphatic imine (C=N–C) groups is 1. The second kappa shape index (κ2) is 5.64. The summed E-state index contributed by atoms with van der Waals surface area (Å²) in [7, 11) is 3.95. The maximum Gasteiger partial charge on any atom is 0.152 e. The molecule has 1 aromatic rings. The third-order valence-electron chi connectivity index (χ3n) is 5.09. The molecule has 1 saturated heterocycles. The Balaban J connectivity index is 1.98. The lowest BCUT2D eigenvalue weighted by Crippen LogP contribution is -2.55. The SMILES string of the molecule is C=C1N=C2c3c(c(Cl)c(C)c(F)c3N1C)SCC1CN(C)CCN21. The first-order valence-electron chi connectivity index (χ1n) is 8.01. The van der Waals surface area contributed by atoms with E-state index in [0.29, 0.717) is 28.1 Å². The number of hydrogen-bond donors (Lipinski definition) is 0. The van der Waals surface area contributed by atoms with Gasteiger partial charge in [0, 0.05) is 42.9 Å². The monoisotopic (exact) mass is 366 g/mol. The van der Waals surface area contributed by atoms with Crippen molar-refractivity contribution < 1.29 is 4.39 Å². The lowest BCUT2D eigenvalue weighted by atomic mass is 10.0. The van der Waals surface area contributed by atoms with Crippen molar-refractivity contribution in [3.63, 3.8) is 0 Å². The van der Waals surface area contributed by atoms with Gasteiger partial charge in [0.05, 0.1) is 22.3 Å². The molecule has 24 heavy (non-hydrogen) atoms. The lowest BCUT2D eigenvalue weighted by Gasteiger charge is -2.42. The van der Waals surface area contributed by atoms with E-state index in [2.05, 4.69) is 23.4 Å². The molecule has 1 aromatic carbocycles. The van der Waals surface area contributed by atoms with E-state index in [4.69, 9.17) is 16.6 Å². The van der Waals surface area contributed by atoms with Gasteiger partial charge in [0.2, 0.25) is 0 Å². The number of likely N-dealkylation sites (N-methyl/N-ethyl adjacent to an activating group) is 1. The molecule has 0 spiro atoms. The average molecular weight is 367 g/mol. The second-order valence-corrected chi connectivity index (χ2v) is 8.05. The molecule has 3 aliphatic heterocycles. The van der Waals surface area contributed by atoms with E-state index >= 15 is 4.39 Å². The van der Waals surface area contributed by atoms with E-state index < -0.39 is 0 Å². The zero-order chi connectivity index (χ0) is 17.2. The fraction of sp³-hybridized carbons (Fsp3) is 0.471. The third-order valence-corrected chi connectivity index (χ3v) is 6.92. The molecule has 0 aromatic heterocycles. The topological polar surface area (TPSA) is 22.1 Å². The Kier molecular flexibility index (Phi) is 3.82. The van der Waals surface area contributed by atoms with Crippen LogP contribution in [-0.4, -0.2) is 61.2 Å². The molecule has 0 aliphatic carbocycles. The van der Waals surface area contributed by atoms with Crippen molar-refractivity contribution in [2.45, 2.75) is 17.9 Å². The van der Waals surface area contributed by atoms with Gasteiger partial charge in [0.1, 0.15) is 11.7 Å². The quantitative estimate of drug-likeness (QED) is 0.703. The molecule has 4 rings (SSSR count). The van der Waals surface area contributed by atoms with Crippen molar-refractivity contribution in [3.05, 3.63) is 34.4 Å². The molecule has 1 unspecified atom stereocenters. The fourth-order valence-corrected chi connectivity index (χ4v) is 5.23. The number of benzene rings is 1. The number of nitrogens with zero attached hydrogens (tertiary/aromatic N) is 4. The van der Waals surface area contributed by atoms with E-state index in [0.717, 1.165) is 41.7 Å². The van der Waals surface area contributed by atoms with Crippen LogP contribution in [0.25, 0.3) is 0 Å². The van der Waals surface area contributed by atoms with Crippen LogP contribution in [0.5, 0.6) is 0 Å². The predicted molar refractivity (Wildman–Crippen MR) is 98.9 cm³/mol. The van der Waals surface area contributed by atoms with Gasteiger partial charge in [-0.05, 0) is 14.0 Å².